The highest BCUT2D eigenvalue weighted by Gasteiger charge is 2.36. The normalized spacial score (nSPS) is 29.5. The molecule has 1 aliphatic carbocycles. The average molecular weight is 266 g/mol. The van der Waals surface area contributed by atoms with Crippen LogP contribution in [0, 0.1) is 18.8 Å². The van der Waals surface area contributed by atoms with Gasteiger partial charge >= 0.3 is 0 Å². The van der Waals surface area contributed by atoms with E-state index in [1.807, 2.05) is 11.3 Å². The fourth-order valence-electron chi connectivity index (χ4n) is 3.18. The Morgan fingerprint density at radius 1 is 1.39 bits per heavy atom. The Bertz CT molecular complexity index is 386. The lowest BCUT2D eigenvalue weighted by Crippen LogP contribution is -2.39. The van der Waals surface area contributed by atoms with Gasteiger partial charge in [-0.3, -0.25) is 0 Å². The van der Waals surface area contributed by atoms with Crippen LogP contribution < -0.4 is 5.32 Å². The van der Waals surface area contributed by atoms with Crippen molar-refractivity contribution in [2.75, 3.05) is 7.05 Å². The van der Waals surface area contributed by atoms with Gasteiger partial charge in [-0.2, -0.15) is 0 Å². The van der Waals surface area contributed by atoms with Crippen LogP contribution in [-0.2, 0) is 5.54 Å². The first-order chi connectivity index (χ1) is 8.57. The third kappa shape index (κ3) is 2.77. The molecular weight excluding hydrogens is 240 g/mol. The second-order valence-electron chi connectivity index (χ2n) is 6.06. The molecule has 0 amide bonds. The van der Waals surface area contributed by atoms with Gasteiger partial charge in [0.05, 0.1) is 5.54 Å². The Morgan fingerprint density at radius 2 is 2.17 bits per heavy atom. The molecule has 2 rings (SSSR count). The number of aromatic nitrogens is 1. The first kappa shape index (κ1) is 14.0. The molecule has 18 heavy (non-hydrogen) atoms. The van der Waals surface area contributed by atoms with Crippen molar-refractivity contribution < 1.29 is 0 Å². The first-order valence-corrected chi connectivity index (χ1v) is 8.07. The first-order valence-electron chi connectivity index (χ1n) is 7.19. The highest BCUT2D eigenvalue weighted by Crippen LogP contribution is 2.40. The molecule has 0 radical (unpaired) electrons. The second-order valence-corrected chi connectivity index (χ2v) is 6.92. The summed E-state index contributed by atoms with van der Waals surface area (Å²) in [5.41, 5.74) is 1.30. The van der Waals surface area contributed by atoms with Gasteiger partial charge in [0.1, 0.15) is 5.01 Å². The topological polar surface area (TPSA) is 24.9 Å². The monoisotopic (exact) mass is 266 g/mol. The van der Waals surface area contributed by atoms with Gasteiger partial charge in [0.25, 0.3) is 0 Å². The fraction of sp³-hybridized carbons (Fsp3) is 0.800. The third-order valence-electron chi connectivity index (χ3n) is 4.57. The minimum absolute atomic E-state index is 0.141. The van der Waals surface area contributed by atoms with Crippen molar-refractivity contribution in [2.45, 2.75) is 58.4 Å². The second kappa shape index (κ2) is 5.70. The van der Waals surface area contributed by atoms with E-state index in [1.165, 1.54) is 37.1 Å². The smallest absolute Gasteiger partial charge is 0.113 e. The van der Waals surface area contributed by atoms with E-state index in [2.05, 4.69) is 38.5 Å². The van der Waals surface area contributed by atoms with Crippen LogP contribution in [0.1, 0.15) is 56.7 Å². The molecule has 1 saturated carbocycles. The van der Waals surface area contributed by atoms with Crippen molar-refractivity contribution in [3.63, 3.8) is 0 Å². The fourth-order valence-corrected chi connectivity index (χ4v) is 4.24. The maximum Gasteiger partial charge on any atom is 0.113 e. The van der Waals surface area contributed by atoms with Crippen LogP contribution >= 0.6 is 11.3 Å². The lowest BCUT2D eigenvalue weighted by atomic mass is 9.87. The minimum Gasteiger partial charge on any atom is -0.308 e. The lowest BCUT2D eigenvalue weighted by molar-refractivity contribution is 0.292. The number of rotatable bonds is 3. The van der Waals surface area contributed by atoms with E-state index in [0.717, 1.165) is 17.5 Å². The molecule has 0 aromatic carbocycles. The molecule has 102 valence electrons. The Hall–Kier alpha value is -0.410. The molecule has 0 aliphatic heterocycles. The quantitative estimate of drug-likeness (QED) is 0.833. The minimum atomic E-state index is 0.141. The summed E-state index contributed by atoms with van der Waals surface area (Å²) in [5.74, 6) is 1.71. The van der Waals surface area contributed by atoms with Gasteiger partial charge in [-0.25, -0.2) is 4.98 Å². The van der Waals surface area contributed by atoms with Gasteiger partial charge in [-0.05, 0) is 45.1 Å². The van der Waals surface area contributed by atoms with Crippen molar-refractivity contribution in [3.05, 3.63) is 16.1 Å². The predicted octanol–water partition coefficient (Wildman–Crippen LogP) is 4.10. The molecule has 0 spiro atoms. The highest BCUT2D eigenvalue weighted by molar-refractivity contribution is 7.09. The Kier molecular flexibility index (Phi) is 4.44. The molecule has 0 bridgehead atoms. The molecular formula is C15H26N2S. The number of nitrogens with zero attached hydrogens (tertiary/aromatic N) is 1. The van der Waals surface area contributed by atoms with Crippen LogP contribution in [0.4, 0.5) is 0 Å². The Morgan fingerprint density at radius 3 is 2.72 bits per heavy atom. The van der Waals surface area contributed by atoms with E-state index in [9.17, 15) is 0 Å². The average Bonchev–Trinajstić information content (AvgIpc) is 2.66. The summed E-state index contributed by atoms with van der Waals surface area (Å²) >= 11 is 1.82. The summed E-state index contributed by atoms with van der Waals surface area (Å²) in [5, 5.41) is 7.07. The standard InChI is InChI=1S/C15H26N2S/c1-11(2)13-6-5-8-15(16-4,9-7-13)14-17-12(3)10-18-14/h10-11,13,16H,5-9H2,1-4H3. The SMILES string of the molecule is CNC1(c2nc(C)cs2)CCCC(C(C)C)CC1. The van der Waals surface area contributed by atoms with Crippen molar-refractivity contribution in [1.82, 2.24) is 10.3 Å². The summed E-state index contributed by atoms with van der Waals surface area (Å²) < 4.78 is 0. The summed E-state index contributed by atoms with van der Waals surface area (Å²) in [6, 6.07) is 0. The predicted molar refractivity (Wildman–Crippen MR) is 79.0 cm³/mol. The van der Waals surface area contributed by atoms with Crippen LogP contribution in [0.2, 0.25) is 0 Å². The maximum atomic E-state index is 4.74. The zero-order chi connectivity index (χ0) is 13.2. The van der Waals surface area contributed by atoms with E-state index in [1.54, 1.807) is 0 Å². The Balaban J connectivity index is 2.18. The molecule has 1 aliphatic rings. The summed E-state index contributed by atoms with van der Waals surface area (Å²) in [7, 11) is 2.10. The van der Waals surface area contributed by atoms with Gasteiger partial charge in [-0.15, -0.1) is 11.3 Å². The van der Waals surface area contributed by atoms with Crippen LogP contribution in [-0.4, -0.2) is 12.0 Å². The van der Waals surface area contributed by atoms with Crippen LogP contribution in [0.25, 0.3) is 0 Å². The highest BCUT2D eigenvalue weighted by atomic mass is 32.1. The molecule has 2 atom stereocenters. The molecule has 1 N–H and O–H groups in total. The maximum absolute atomic E-state index is 4.74. The molecule has 2 nitrogen and oxygen atoms in total. The van der Waals surface area contributed by atoms with E-state index in [4.69, 9.17) is 4.98 Å². The largest absolute Gasteiger partial charge is 0.308 e. The molecule has 1 heterocycles. The van der Waals surface area contributed by atoms with Crippen molar-refractivity contribution >= 4 is 11.3 Å². The van der Waals surface area contributed by atoms with Crippen LogP contribution in [0.15, 0.2) is 5.38 Å². The number of hydrogen-bond acceptors (Lipinski definition) is 3. The molecule has 1 aromatic rings. The van der Waals surface area contributed by atoms with Gasteiger partial charge in [0, 0.05) is 11.1 Å². The van der Waals surface area contributed by atoms with Crippen molar-refractivity contribution in [1.29, 1.82) is 0 Å². The zero-order valence-corrected chi connectivity index (χ0v) is 12.9. The number of thiazole rings is 1. The molecule has 3 heteroatoms. The third-order valence-corrected chi connectivity index (χ3v) is 5.73. The van der Waals surface area contributed by atoms with E-state index >= 15 is 0 Å². The Labute approximate surface area is 115 Å². The molecule has 2 unspecified atom stereocenters. The van der Waals surface area contributed by atoms with Gasteiger partial charge in [-0.1, -0.05) is 26.7 Å². The van der Waals surface area contributed by atoms with Gasteiger partial charge in [0.15, 0.2) is 0 Å². The molecule has 1 fully saturated rings. The van der Waals surface area contributed by atoms with E-state index in [0.29, 0.717) is 0 Å². The number of nitrogens with one attached hydrogen (secondary N) is 1. The van der Waals surface area contributed by atoms with Crippen LogP contribution in [0.3, 0.4) is 0 Å². The lowest BCUT2D eigenvalue weighted by Gasteiger charge is -2.30. The van der Waals surface area contributed by atoms with Gasteiger partial charge < -0.3 is 5.32 Å². The summed E-state index contributed by atoms with van der Waals surface area (Å²) in [6.45, 7) is 6.83. The molecule has 1 aromatic heterocycles. The van der Waals surface area contributed by atoms with E-state index in [-0.39, 0.29) is 5.54 Å². The molecule has 0 saturated heterocycles. The number of aryl methyl sites for hydroxylation is 1. The van der Waals surface area contributed by atoms with Crippen molar-refractivity contribution in [2.24, 2.45) is 11.8 Å². The summed E-state index contributed by atoms with van der Waals surface area (Å²) in [4.78, 5) is 4.74. The van der Waals surface area contributed by atoms with Crippen LogP contribution in [0.5, 0.6) is 0 Å². The van der Waals surface area contributed by atoms with E-state index < -0.39 is 0 Å². The zero-order valence-electron chi connectivity index (χ0n) is 12.1. The van der Waals surface area contributed by atoms with Crippen molar-refractivity contribution in [3.8, 4) is 0 Å². The summed E-state index contributed by atoms with van der Waals surface area (Å²) in [6.07, 6.45) is 6.50. The van der Waals surface area contributed by atoms with Gasteiger partial charge in [0.2, 0.25) is 0 Å². The number of hydrogen-bond donors (Lipinski definition) is 1.